The maximum Gasteiger partial charge on any atom is 0.240 e. The number of rotatable bonds is 5. The minimum Gasteiger partial charge on any atom is -0.342 e. The third kappa shape index (κ3) is 4.13. The van der Waals surface area contributed by atoms with Crippen LogP contribution in [-0.2, 0) is 10.0 Å². The number of imidazole rings is 1. The van der Waals surface area contributed by atoms with Crippen molar-refractivity contribution in [1.82, 2.24) is 14.3 Å². The van der Waals surface area contributed by atoms with Crippen LogP contribution in [0.4, 0.5) is 5.95 Å². The second kappa shape index (κ2) is 7.97. The average Bonchev–Trinajstić information content (AvgIpc) is 3.08. The number of hydrogen-bond donors (Lipinski definition) is 1. The molecule has 154 valence electrons. The molecule has 2 heterocycles. The number of para-hydroxylation sites is 2. The third-order valence-electron chi connectivity index (χ3n) is 5.32. The monoisotopic (exact) mass is 432 g/mol. The Labute approximate surface area is 176 Å². The van der Waals surface area contributed by atoms with E-state index in [2.05, 4.69) is 34.1 Å². The Kier molecular flexibility index (Phi) is 5.55. The lowest BCUT2D eigenvalue weighted by molar-refractivity contribution is 0.450. The fourth-order valence-corrected chi connectivity index (χ4v) is 5.29. The molecule has 0 amide bonds. The molecule has 2 aromatic carbocycles. The van der Waals surface area contributed by atoms with Crippen molar-refractivity contribution in [2.45, 2.75) is 43.7 Å². The molecule has 0 bridgehead atoms. The van der Waals surface area contributed by atoms with Gasteiger partial charge >= 0.3 is 0 Å². The highest BCUT2D eigenvalue weighted by atomic mass is 35.5. The smallest absolute Gasteiger partial charge is 0.240 e. The zero-order valence-electron chi connectivity index (χ0n) is 16.5. The Hall–Kier alpha value is -2.09. The van der Waals surface area contributed by atoms with Gasteiger partial charge in [0, 0.05) is 30.2 Å². The highest BCUT2D eigenvalue weighted by Gasteiger charge is 2.27. The number of piperidine rings is 1. The molecule has 1 aromatic heterocycles. The van der Waals surface area contributed by atoms with Crippen LogP contribution in [0.2, 0.25) is 5.02 Å². The lowest BCUT2D eigenvalue weighted by atomic mass is 10.1. The first-order valence-electron chi connectivity index (χ1n) is 9.85. The molecular weight excluding hydrogens is 408 g/mol. The lowest BCUT2D eigenvalue weighted by Gasteiger charge is -2.33. The van der Waals surface area contributed by atoms with E-state index in [0.717, 1.165) is 42.9 Å². The molecular formula is C21H25ClN4O2S. The normalized spacial score (nSPS) is 16.1. The van der Waals surface area contributed by atoms with E-state index in [0.29, 0.717) is 11.1 Å². The fraction of sp³-hybridized carbons (Fsp3) is 0.381. The van der Waals surface area contributed by atoms with Crippen LogP contribution < -0.4 is 9.62 Å². The Morgan fingerprint density at radius 2 is 1.72 bits per heavy atom. The van der Waals surface area contributed by atoms with Gasteiger partial charge in [-0.3, -0.25) is 0 Å². The van der Waals surface area contributed by atoms with Crippen molar-refractivity contribution in [2.75, 3.05) is 18.0 Å². The van der Waals surface area contributed by atoms with E-state index in [4.69, 9.17) is 16.6 Å². The molecule has 0 radical (unpaired) electrons. The molecule has 4 rings (SSSR count). The summed E-state index contributed by atoms with van der Waals surface area (Å²) < 4.78 is 30.4. The maximum absolute atomic E-state index is 12.6. The van der Waals surface area contributed by atoms with Gasteiger partial charge in [-0.1, -0.05) is 23.7 Å². The highest BCUT2D eigenvalue weighted by Crippen LogP contribution is 2.29. The molecule has 1 aliphatic heterocycles. The van der Waals surface area contributed by atoms with E-state index in [9.17, 15) is 8.42 Å². The zero-order valence-corrected chi connectivity index (χ0v) is 18.1. The van der Waals surface area contributed by atoms with Crippen LogP contribution in [0.1, 0.15) is 32.7 Å². The van der Waals surface area contributed by atoms with Gasteiger partial charge < -0.3 is 9.47 Å². The summed E-state index contributed by atoms with van der Waals surface area (Å²) in [5, 5.41) is 0.519. The second-order valence-electron chi connectivity index (χ2n) is 7.70. The van der Waals surface area contributed by atoms with E-state index < -0.39 is 10.0 Å². The SMILES string of the molecule is CC(C)n1c(N2CCC(NS(=O)(=O)c3ccc(Cl)cc3)CC2)nc2ccccc21. The number of benzene rings is 2. The van der Waals surface area contributed by atoms with Crippen LogP contribution in [0.15, 0.2) is 53.4 Å². The largest absolute Gasteiger partial charge is 0.342 e. The number of fused-ring (bicyclic) bond motifs is 1. The molecule has 1 aliphatic rings. The van der Waals surface area contributed by atoms with Crippen LogP contribution in [0.5, 0.6) is 0 Å². The number of anilines is 1. The first-order valence-corrected chi connectivity index (χ1v) is 11.7. The molecule has 0 saturated carbocycles. The number of sulfonamides is 1. The lowest BCUT2D eigenvalue weighted by Crippen LogP contribution is -2.45. The predicted octanol–water partition coefficient (Wildman–Crippen LogP) is 4.22. The second-order valence-corrected chi connectivity index (χ2v) is 9.85. The summed E-state index contributed by atoms with van der Waals surface area (Å²) in [4.78, 5) is 7.35. The van der Waals surface area contributed by atoms with Crippen molar-refractivity contribution < 1.29 is 8.42 Å². The third-order valence-corrected chi connectivity index (χ3v) is 7.11. The summed E-state index contributed by atoms with van der Waals surface area (Å²) in [6.07, 6.45) is 1.46. The molecule has 8 heteroatoms. The molecule has 1 N–H and O–H groups in total. The first-order chi connectivity index (χ1) is 13.8. The van der Waals surface area contributed by atoms with Crippen molar-refractivity contribution in [3.05, 3.63) is 53.6 Å². The van der Waals surface area contributed by atoms with Crippen LogP contribution >= 0.6 is 11.6 Å². The van der Waals surface area contributed by atoms with E-state index >= 15 is 0 Å². The molecule has 6 nitrogen and oxygen atoms in total. The molecule has 1 saturated heterocycles. The standard InChI is InChI=1S/C21H25ClN4O2S/c1-15(2)26-20-6-4-3-5-19(20)23-21(26)25-13-11-17(12-14-25)24-29(27,28)18-9-7-16(22)8-10-18/h3-10,15,17,24H,11-14H2,1-2H3. The van der Waals surface area contributed by atoms with Crippen LogP contribution in [-0.4, -0.2) is 37.1 Å². The zero-order chi connectivity index (χ0) is 20.6. The van der Waals surface area contributed by atoms with Crippen LogP contribution in [0.3, 0.4) is 0 Å². The summed E-state index contributed by atoms with van der Waals surface area (Å²) >= 11 is 5.86. The molecule has 0 atom stereocenters. The van der Waals surface area contributed by atoms with Gasteiger partial charge in [-0.15, -0.1) is 0 Å². The molecule has 1 fully saturated rings. The topological polar surface area (TPSA) is 67.2 Å². The van der Waals surface area contributed by atoms with E-state index in [1.165, 1.54) is 12.1 Å². The van der Waals surface area contributed by atoms with Gasteiger partial charge in [0.25, 0.3) is 0 Å². The van der Waals surface area contributed by atoms with Crippen LogP contribution in [0.25, 0.3) is 11.0 Å². The Bertz CT molecular complexity index is 1100. The van der Waals surface area contributed by atoms with Crippen molar-refractivity contribution in [3.8, 4) is 0 Å². The molecule has 0 unspecified atom stereocenters. The van der Waals surface area contributed by atoms with Crippen molar-refractivity contribution >= 4 is 38.6 Å². The van der Waals surface area contributed by atoms with Gasteiger partial charge in [0.1, 0.15) is 0 Å². The Balaban J connectivity index is 1.48. The summed E-state index contributed by atoms with van der Waals surface area (Å²) in [7, 11) is -3.55. The molecule has 0 spiro atoms. The Morgan fingerprint density at radius 3 is 2.38 bits per heavy atom. The molecule has 3 aromatic rings. The van der Waals surface area contributed by atoms with Crippen molar-refractivity contribution in [3.63, 3.8) is 0 Å². The summed E-state index contributed by atoms with van der Waals surface area (Å²) in [5.74, 6) is 0.959. The van der Waals surface area contributed by atoms with Gasteiger partial charge in [-0.25, -0.2) is 18.1 Å². The number of hydrogen-bond acceptors (Lipinski definition) is 4. The molecule has 29 heavy (non-hydrogen) atoms. The van der Waals surface area contributed by atoms with Crippen molar-refractivity contribution in [1.29, 1.82) is 0 Å². The van der Waals surface area contributed by atoms with Crippen molar-refractivity contribution in [2.24, 2.45) is 0 Å². The quantitative estimate of drug-likeness (QED) is 0.655. The Morgan fingerprint density at radius 1 is 1.07 bits per heavy atom. The van der Waals surface area contributed by atoms with Gasteiger partial charge in [0.2, 0.25) is 16.0 Å². The summed E-state index contributed by atoms with van der Waals surface area (Å²) in [6, 6.07) is 14.6. The number of nitrogens with zero attached hydrogens (tertiary/aromatic N) is 3. The maximum atomic E-state index is 12.6. The average molecular weight is 433 g/mol. The van der Waals surface area contributed by atoms with Gasteiger partial charge in [-0.05, 0) is 63.1 Å². The van der Waals surface area contributed by atoms with Crippen LogP contribution in [0, 0.1) is 0 Å². The van der Waals surface area contributed by atoms with E-state index in [-0.39, 0.29) is 10.9 Å². The summed E-state index contributed by atoms with van der Waals surface area (Å²) in [6.45, 7) is 5.82. The number of aromatic nitrogens is 2. The predicted molar refractivity (Wildman–Crippen MR) is 117 cm³/mol. The van der Waals surface area contributed by atoms with E-state index in [1.54, 1.807) is 12.1 Å². The minimum absolute atomic E-state index is 0.0937. The first kappa shape index (κ1) is 20.2. The molecule has 0 aliphatic carbocycles. The minimum atomic E-state index is -3.55. The number of nitrogens with one attached hydrogen (secondary N) is 1. The summed E-state index contributed by atoms with van der Waals surface area (Å²) in [5.41, 5.74) is 2.12. The van der Waals surface area contributed by atoms with Gasteiger partial charge in [-0.2, -0.15) is 0 Å². The van der Waals surface area contributed by atoms with Gasteiger partial charge in [0.05, 0.1) is 15.9 Å². The fourth-order valence-electron chi connectivity index (χ4n) is 3.86. The highest BCUT2D eigenvalue weighted by molar-refractivity contribution is 7.89. The van der Waals surface area contributed by atoms with Gasteiger partial charge in [0.15, 0.2) is 0 Å². The van der Waals surface area contributed by atoms with E-state index in [1.807, 2.05) is 18.2 Å². The number of halogens is 1.